The fraction of sp³-hybridized carbons (Fsp3) is 0.273. The Morgan fingerprint density at radius 3 is 2.93 bits per heavy atom. The number of aliphatic hydroxyl groups excluding tert-OH is 1. The van der Waals surface area contributed by atoms with Crippen LogP contribution in [0.5, 0.6) is 0 Å². The van der Waals surface area contributed by atoms with Crippen LogP contribution in [0.1, 0.15) is 18.2 Å². The molecule has 4 nitrogen and oxygen atoms in total. The zero-order chi connectivity index (χ0) is 11.4. The standard InChI is InChI=1S/C11H14N2O2/c1-7(6-14)4-10-9(12-3)5-8(2)11(15)13-10/h4-5,14H,3,6H2,1-2H3,(H,13,15)/b7-4+. The SMILES string of the molecule is C=Nc1cc(C)c(=O)[nH]c1/C=C(\C)CO. The van der Waals surface area contributed by atoms with E-state index in [4.69, 9.17) is 5.11 Å². The number of aliphatic imine (C=N–C) groups is 1. The van der Waals surface area contributed by atoms with Crippen LogP contribution in [-0.4, -0.2) is 23.4 Å². The lowest BCUT2D eigenvalue weighted by Gasteiger charge is -2.03. The minimum atomic E-state index is -0.153. The van der Waals surface area contributed by atoms with E-state index in [9.17, 15) is 4.79 Å². The maximum atomic E-state index is 11.4. The topological polar surface area (TPSA) is 65.5 Å². The number of nitrogens with one attached hydrogen (secondary N) is 1. The first-order chi connectivity index (χ1) is 7.08. The number of hydrogen-bond acceptors (Lipinski definition) is 3. The minimum absolute atomic E-state index is 0.0491. The number of aliphatic hydroxyl groups is 1. The van der Waals surface area contributed by atoms with E-state index >= 15 is 0 Å². The van der Waals surface area contributed by atoms with Gasteiger partial charge in [-0.05, 0) is 38.3 Å². The molecule has 0 atom stereocenters. The molecule has 1 aromatic heterocycles. The van der Waals surface area contributed by atoms with Gasteiger partial charge in [-0.2, -0.15) is 0 Å². The molecule has 0 fully saturated rings. The molecule has 0 unspecified atom stereocenters. The number of aromatic nitrogens is 1. The van der Waals surface area contributed by atoms with Crippen molar-refractivity contribution in [3.8, 4) is 0 Å². The van der Waals surface area contributed by atoms with Crippen LogP contribution < -0.4 is 5.56 Å². The Morgan fingerprint density at radius 2 is 2.40 bits per heavy atom. The monoisotopic (exact) mass is 206 g/mol. The van der Waals surface area contributed by atoms with Gasteiger partial charge in [-0.25, -0.2) is 0 Å². The van der Waals surface area contributed by atoms with Crippen molar-refractivity contribution in [2.24, 2.45) is 4.99 Å². The third-order valence-electron chi connectivity index (χ3n) is 2.05. The zero-order valence-corrected chi connectivity index (χ0v) is 8.87. The smallest absolute Gasteiger partial charge is 0.251 e. The summed E-state index contributed by atoms with van der Waals surface area (Å²) < 4.78 is 0. The van der Waals surface area contributed by atoms with Gasteiger partial charge in [0.25, 0.3) is 5.56 Å². The molecule has 4 heteroatoms. The Hall–Kier alpha value is -1.68. The minimum Gasteiger partial charge on any atom is -0.392 e. The summed E-state index contributed by atoms with van der Waals surface area (Å²) in [6, 6.07) is 1.67. The van der Waals surface area contributed by atoms with Gasteiger partial charge >= 0.3 is 0 Å². The first kappa shape index (κ1) is 11.4. The molecule has 2 N–H and O–H groups in total. The fourth-order valence-corrected chi connectivity index (χ4v) is 1.17. The molecule has 1 aromatic rings. The summed E-state index contributed by atoms with van der Waals surface area (Å²) in [5, 5.41) is 8.88. The predicted molar refractivity (Wildman–Crippen MR) is 61.7 cm³/mol. The molecule has 80 valence electrons. The van der Waals surface area contributed by atoms with E-state index in [-0.39, 0.29) is 12.2 Å². The molecule has 0 spiro atoms. The first-order valence-corrected chi connectivity index (χ1v) is 4.57. The lowest BCUT2D eigenvalue weighted by Crippen LogP contribution is -2.10. The number of H-pyrrole nitrogens is 1. The quantitative estimate of drug-likeness (QED) is 0.734. The lowest BCUT2D eigenvalue weighted by atomic mass is 10.2. The van der Waals surface area contributed by atoms with E-state index < -0.39 is 0 Å². The van der Waals surface area contributed by atoms with Crippen molar-refractivity contribution in [2.45, 2.75) is 13.8 Å². The van der Waals surface area contributed by atoms with Gasteiger partial charge in [0, 0.05) is 5.56 Å². The van der Waals surface area contributed by atoms with Crippen LogP contribution in [0.15, 0.2) is 21.4 Å². The summed E-state index contributed by atoms with van der Waals surface area (Å²) >= 11 is 0. The highest BCUT2D eigenvalue weighted by Gasteiger charge is 2.02. The molecular formula is C11H14N2O2. The van der Waals surface area contributed by atoms with Crippen molar-refractivity contribution >= 4 is 18.5 Å². The van der Waals surface area contributed by atoms with Gasteiger partial charge in [0.15, 0.2) is 0 Å². The second-order valence-corrected chi connectivity index (χ2v) is 3.39. The second kappa shape index (κ2) is 4.70. The first-order valence-electron chi connectivity index (χ1n) is 4.57. The normalized spacial score (nSPS) is 11.5. The summed E-state index contributed by atoms with van der Waals surface area (Å²) in [4.78, 5) is 17.9. The third-order valence-corrected chi connectivity index (χ3v) is 2.05. The van der Waals surface area contributed by atoms with Crippen molar-refractivity contribution < 1.29 is 5.11 Å². The highest BCUT2D eigenvalue weighted by atomic mass is 16.3. The highest BCUT2D eigenvalue weighted by molar-refractivity contribution is 5.64. The van der Waals surface area contributed by atoms with E-state index in [2.05, 4.69) is 16.7 Å². The van der Waals surface area contributed by atoms with Crippen LogP contribution in [0.3, 0.4) is 0 Å². The van der Waals surface area contributed by atoms with Crippen LogP contribution in [0.4, 0.5) is 5.69 Å². The summed E-state index contributed by atoms with van der Waals surface area (Å²) in [5.41, 5.74) is 2.38. The Morgan fingerprint density at radius 1 is 1.73 bits per heavy atom. The maximum absolute atomic E-state index is 11.4. The average Bonchev–Trinajstić information content (AvgIpc) is 2.22. The largest absolute Gasteiger partial charge is 0.392 e. The molecule has 0 bridgehead atoms. The molecular weight excluding hydrogens is 192 g/mol. The average molecular weight is 206 g/mol. The molecule has 15 heavy (non-hydrogen) atoms. The van der Waals surface area contributed by atoms with Crippen molar-refractivity contribution in [3.63, 3.8) is 0 Å². The number of nitrogens with zero attached hydrogens (tertiary/aromatic N) is 1. The molecule has 0 radical (unpaired) electrons. The number of pyridine rings is 1. The molecule has 0 aliphatic heterocycles. The van der Waals surface area contributed by atoms with E-state index in [1.165, 1.54) is 0 Å². The van der Waals surface area contributed by atoms with Crippen LogP contribution in [0.25, 0.3) is 6.08 Å². The molecule has 1 heterocycles. The van der Waals surface area contributed by atoms with Crippen LogP contribution in [0.2, 0.25) is 0 Å². The van der Waals surface area contributed by atoms with Crippen LogP contribution >= 0.6 is 0 Å². The Balaban J connectivity index is 3.34. The molecule has 0 aliphatic carbocycles. The van der Waals surface area contributed by atoms with Gasteiger partial charge in [-0.1, -0.05) is 0 Å². The zero-order valence-electron chi connectivity index (χ0n) is 8.87. The van der Waals surface area contributed by atoms with E-state index in [0.29, 0.717) is 16.9 Å². The number of aryl methyl sites for hydroxylation is 1. The third kappa shape index (κ3) is 2.63. The fourth-order valence-electron chi connectivity index (χ4n) is 1.17. The summed E-state index contributed by atoms with van der Waals surface area (Å²) in [6.45, 7) is 6.86. The van der Waals surface area contributed by atoms with Crippen molar-refractivity contribution in [2.75, 3.05) is 6.61 Å². The summed E-state index contributed by atoms with van der Waals surface area (Å²) in [6.07, 6.45) is 1.69. The van der Waals surface area contributed by atoms with E-state index in [1.54, 1.807) is 26.0 Å². The summed E-state index contributed by atoms with van der Waals surface area (Å²) in [5.74, 6) is 0. The van der Waals surface area contributed by atoms with Crippen LogP contribution in [-0.2, 0) is 0 Å². The molecule has 1 rings (SSSR count). The Kier molecular flexibility index (Phi) is 3.57. The van der Waals surface area contributed by atoms with E-state index in [1.807, 2.05) is 0 Å². The lowest BCUT2D eigenvalue weighted by molar-refractivity contribution is 0.332. The number of aromatic amines is 1. The molecule has 0 amide bonds. The van der Waals surface area contributed by atoms with Crippen molar-refractivity contribution in [1.29, 1.82) is 0 Å². The molecule has 0 aromatic carbocycles. The Labute approximate surface area is 88.0 Å². The van der Waals surface area contributed by atoms with Gasteiger partial charge in [-0.15, -0.1) is 0 Å². The summed E-state index contributed by atoms with van der Waals surface area (Å²) in [7, 11) is 0. The van der Waals surface area contributed by atoms with Gasteiger partial charge in [-0.3, -0.25) is 9.79 Å². The Bertz CT molecular complexity index is 458. The van der Waals surface area contributed by atoms with Crippen molar-refractivity contribution in [1.82, 2.24) is 4.98 Å². The van der Waals surface area contributed by atoms with Gasteiger partial charge in [0.05, 0.1) is 18.0 Å². The number of hydrogen-bond donors (Lipinski definition) is 2. The molecule has 0 aliphatic rings. The van der Waals surface area contributed by atoms with Crippen LogP contribution in [0, 0.1) is 6.92 Å². The second-order valence-electron chi connectivity index (χ2n) is 3.39. The molecule has 0 saturated heterocycles. The maximum Gasteiger partial charge on any atom is 0.251 e. The van der Waals surface area contributed by atoms with Gasteiger partial charge < -0.3 is 10.1 Å². The highest BCUT2D eigenvalue weighted by Crippen LogP contribution is 2.18. The molecule has 0 saturated carbocycles. The van der Waals surface area contributed by atoms with Gasteiger partial charge in [0.2, 0.25) is 0 Å². The van der Waals surface area contributed by atoms with E-state index in [0.717, 1.165) is 5.57 Å². The number of rotatable bonds is 3. The van der Waals surface area contributed by atoms with Crippen molar-refractivity contribution in [3.05, 3.63) is 33.3 Å². The van der Waals surface area contributed by atoms with Gasteiger partial charge in [0.1, 0.15) is 0 Å². The predicted octanol–water partition coefficient (Wildman–Crippen LogP) is 1.41.